The SMILES string of the molecule is Cc1ccc(OCc2ccc(C(=O)Nc3cccc(C)c3)o2)cc1. The van der Waals surface area contributed by atoms with Crippen molar-refractivity contribution in [3.63, 3.8) is 0 Å². The molecule has 0 atom stereocenters. The van der Waals surface area contributed by atoms with E-state index in [4.69, 9.17) is 9.15 Å². The van der Waals surface area contributed by atoms with Crippen LogP contribution in [0.15, 0.2) is 65.1 Å². The first-order valence-electron chi connectivity index (χ1n) is 7.76. The second-order valence-electron chi connectivity index (χ2n) is 5.69. The molecule has 0 spiro atoms. The normalized spacial score (nSPS) is 10.4. The van der Waals surface area contributed by atoms with E-state index < -0.39 is 0 Å². The van der Waals surface area contributed by atoms with Gasteiger partial charge in [0.2, 0.25) is 0 Å². The van der Waals surface area contributed by atoms with Crippen LogP contribution < -0.4 is 10.1 Å². The van der Waals surface area contributed by atoms with E-state index in [0.717, 1.165) is 17.0 Å². The number of furan rings is 1. The van der Waals surface area contributed by atoms with Crippen molar-refractivity contribution < 1.29 is 13.9 Å². The van der Waals surface area contributed by atoms with Gasteiger partial charge in [-0.2, -0.15) is 0 Å². The molecule has 1 heterocycles. The average molecular weight is 321 g/mol. The highest BCUT2D eigenvalue weighted by Gasteiger charge is 2.12. The summed E-state index contributed by atoms with van der Waals surface area (Å²) in [7, 11) is 0. The van der Waals surface area contributed by atoms with Gasteiger partial charge < -0.3 is 14.5 Å². The van der Waals surface area contributed by atoms with Gasteiger partial charge in [-0.15, -0.1) is 0 Å². The molecule has 0 aliphatic rings. The molecular weight excluding hydrogens is 302 g/mol. The molecule has 122 valence electrons. The molecular formula is C20H19NO3. The third kappa shape index (κ3) is 4.04. The van der Waals surface area contributed by atoms with Crippen LogP contribution in [-0.2, 0) is 6.61 Å². The number of hydrogen-bond donors (Lipinski definition) is 1. The van der Waals surface area contributed by atoms with Crippen molar-refractivity contribution in [2.24, 2.45) is 0 Å². The largest absolute Gasteiger partial charge is 0.486 e. The highest BCUT2D eigenvalue weighted by atomic mass is 16.5. The van der Waals surface area contributed by atoms with Gasteiger partial charge in [-0.05, 0) is 55.8 Å². The predicted molar refractivity (Wildman–Crippen MR) is 93.4 cm³/mol. The monoisotopic (exact) mass is 321 g/mol. The number of carbonyl (C=O) groups excluding carboxylic acids is 1. The lowest BCUT2D eigenvalue weighted by Gasteiger charge is -2.05. The number of anilines is 1. The van der Waals surface area contributed by atoms with Gasteiger partial charge in [0, 0.05) is 5.69 Å². The quantitative estimate of drug-likeness (QED) is 0.739. The van der Waals surface area contributed by atoms with E-state index in [9.17, 15) is 4.79 Å². The Morgan fingerprint density at radius 3 is 2.54 bits per heavy atom. The van der Waals surface area contributed by atoms with Gasteiger partial charge in [0.25, 0.3) is 5.91 Å². The zero-order valence-electron chi connectivity index (χ0n) is 13.7. The van der Waals surface area contributed by atoms with Gasteiger partial charge in [-0.1, -0.05) is 29.8 Å². The lowest BCUT2D eigenvalue weighted by atomic mass is 10.2. The highest BCUT2D eigenvalue weighted by Crippen LogP contribution is 2.17. The lowest BCUT2D eigenvalue weighted by molar-refractivity contribution is 0.0992. The molecule has 0 saturated carbocycles. The lowest BCUT2D eigenvalue weighted by Crippen LogP contribution is -2.10. The number of carbonyl (C=O) groups is 1. The van der Waals surface area contributed by atoms with Crippen LogP contribution in [-0.4, -0.2) is 5.91 Å². The summed E-state index contributed by atoms with van der Waals surface area (Å²) in [6.45, 7) is 4.28. The van der Waals surface area contributed by atoms with Crippen molar-refractivity contribution in [3.8, 4) is 5.75 Å². The summed E-state index contributed by atoms with van der Waals surface area (Å²) in [6, 6.07) is 18.8. The molecule has 0 aliphatic carbocycles. The molecule has 0 aliphatic heterocycles. The van der Waals surface area contributed by atoms with Gasteiger partial charge in [0.15, 0.2) is 5.76 Å². The van der Waals surface area contributed by atoms with Crippen LogP contribution >= 0.6 is 0 Å². The van der Waals surface area contributed by atoms with E-state index in [2.05, 4.69) is 5.32 Å². The van der Waals surface area contributed by atoms with Crippen molar-refractivity contribution in [2.75, 3.05) is 5.32 Å². The van der Waals surface area contributed by atoms with Gasteiger partial charge in [-0.25, -0.2) is 0 Å². The van der Waals surface area contributed by atoms with Crippen molar-refractivity contribution >= 4 is 11.6 Å². The number of amides is 1. The Balaban J connectivity index is 1.60. The fourth-order valence-electron chi connectivity index (χ4n) is 2.28. The van der Waals surface area contributed by atoms with E-state index in [1.807, 2.05) is 62.4 Å². The predicted octanol–water partition coefficient (Wildman–Crippen LogP) is 4.73. The Morgan fingerprint density at radius 2 is 1.79 bits per heavy atom. The second-order valence-corrected chi connectivity index (χ2v) is 5.69. The van der Waals surface area contributed by atoms with Crippen molar-refractivity contribution in [2.45, 2.75) is 20.5 Å². The second kappa shape index (κ2) is 7.04. The van der Waals surface area contributed by atoms with E-state index in [1.54, 1.807) is 12.1 Å². The third-order valence-electron chi connectivity index (χ3n) is 3.56. The van der Waals surface area contributed by atoms with Gasteiger partial charge in [0.05, 0.1) is 0 Å². The first-order chi connectivity index (χ1) is 11.6. The maximum atomic E-state index is 12.2. The van der Waals surface area contributed by atoms with E-state index in [0.29, 0.717) is 5.76 Å². The Morgan fingerprint density at radius 1 is 1.00 bits per heavy atom. The minimum Gasteiger partial charge on any atom is -0.486 e. The number of nitrogens with one attached hydrogen (secondary N) is 1. The molecule has 3 rings (SSSR count). The molecule has 0 fully saturated rings. The molecule has 0 saturated heterocycles. The van der Waals surface area contributed by atoms with Crippen molar-refractivity contribution in [1.82, 2.24) is 0 Å². The molecule has 0 radical (unpaired) electrons. The first-order valence-corrected chi connectivity index (χ1v) is 7.76. The van der Waals surface area contributed by atoms with Crippen LogP contribution in [0.3, 0.4) is 0 Å². The smallest absolute Gasteiger partial charge is 0.291 e. The fourth-order valence-corrected chi connectivity index (χ4v) is 2.28. The summed E-state index contributed by atoms with van der Waals surface area (Å²) < 4.78 is 11.2. The van der Waals surface area contributed by atoms with E-state index >= 15 is 0 Å². The third-order valence-corrected chi connectivity index (χ3v) is 3.56. The molecule has 4 heteroatoms. The van der Waals surface area contributed by atoms with Crippen LogP contribution in [0.4, 0.5) is 5.69 Å². The Kier molecular flexibility index (Phi) is 4.66. The maximum Gasteiger partial charge on any atom is 0.291 e. The zero-order chi connectivity index (χ0) is 16.9. The van der Waals surface area contributed by atoms with Crippen LogP contribution in [0.25, 0.3) is 0 Å². The molecule has 0 unspecified atom stereocenters. The van der Waals surface area contributed by atoms with Gasteiger partial charge in [0.1, 0.15) is 18.1 Å². The molecule has 4 nitrogen and oxygen atoms in total. The molecule has 24 heavy (non-hydrogen) atoms. The fraction of sp³-hybridized carbons (Fsp3) is 0.150. The number of ether oxygens (including phenoxy) is 1. The summed E-state index contributed by atoms with van der Waals surface area (Å²) in [4.78, 5) is 12.2. The number of aryl methyl sites for hydroxylation is 2. The van der Waals surface area contributed by atoms with E-state index in [-0.39, 0.29) is 18.3 Å². The van der Waals surface area contributed by atoms with Crippen molar-refractivity contribution in [1.29, 1.82) is 0 Å². The van der Waals surface area contributed by atoms with Crippen LogP contribution in [0.5, 0.6) is 5.75 Å². The average Bonchev–Trinajstić information content (AvgIpc) is 3.03. The minimum atomic E-state index is -0.276. The summed E-state index contributed by atoms with van der Waals surface area (Å²) in [5.41, 5.74) is 3.00. The number of benzene rings is 2. The molecule has 1 amide bonds. The standard InChI is InChI=1S/C20H19NO3/c1-14-6-8-17(9-7-14)23-13-18-10-11-19(24-18)20(22)21-16-5-3-4-15(2)12-16/h3-12H,13H2,1-2H3,(H,21,22). The van der Waals surface area contributed by atoms with E-state index in [1.165, 1.54) is 5.56 Å². The van der Waals surface area contributed by atoms with Gasteiger partial charge >= 0.3 is 0 Å². The molecule has 3 aromatic rings. The molecule has 1 aromatic heterocycles. The minimum absolute atomic E-state index is 0.263. The highest BCUT2D eigenvalue weighted by molar-refractivity contribution is 6.02. The molecule has 2 aromatic carbocycles. The Labute approximate surface area is 141 Å². The van der Waals surface area contributed by atoms with Crippen LogP contribution in [0.1, 0.15) is 27.4 Å². The first kappa shape index (κ1) is 15.9. The summed E-state index contributed by atoms with van der Waals surface area (Å²) in [6.07, 6.45) is 0. The topological polar surface area (TPSA) is 51.5 Å². The molecule has 1 N–H and O–H groups in total. The summed E-state index contributed by atoms with van der Waals surface area (Å²) >= 11 is 0. The summed E-state index contributed by atoms with van der Waals surface area (Å²) in [5.74, 6) is 1.36. The van der Waals surface area contributed by atoms with Crippen LogP contribution in [0.2, 0.25) is 0 Å². The zero-order valence-corrected chi connectivity index (χ0v) is 13.7. The van der Waals surface area contributed by atoms with Gasteiger partial charge in [-0.3, -0.25) is 4.79 Å². The Bertz CT molecular complexity index is 834. The maximum absolute atomic E-state index is 12.2. The van der Waals surface area contributed by atoms with Crippen LogP contribution in [0, 0.1) is 13.8 Å². The Hall–Kier alpha value is -3.01. The number of hydrogen-bond acceptors (Lipinski definition) is 3. The molecule has 0 bridgehead atoms. The summed E-state index contributed by atoms with van der Waals surface area (Å²) in [5, 5.41) is 2.82. The number of rotatable bonds is 5. The van der Waals surface area contributed by atoms with Crippen molar-refractivity contribution in [3.05, 3.63) is 83.3 Å².